The average molecular weight is 1530 g/mol. The number of aryl methyl sites for hydroxylation is 3. The quantitative estimate of drug-likeness (QED) is 0.0873. The first kappa shape index (κ1) is 70.7. The fraction of sp³-hybridized carbons (Fsp3) is 0.118. The van der Waals surface area contributed by atoms with Crippen LogP contribution in [0.25, 0.3) is 54.5 Å². The molecule has 0 N–H and O–H groups in total. The first-order valence-electron chi connectivity index (χ1n) is 30.7. The molecule has 0 aliphatic carbocycles. The summed E-state index contributed by atoms with van der Waals surface area (Å²) in [6, 6.07) is 65.9. The summed E-state index contributed by atoms with van der Waals surface area (Å²) in [7, 11) is 0. The number of alkyl halides is 3. The highest BCUT2D eigenvalue weighted by Crippen LogP contribution is 2.33. The van der Waals surface area contributed by atoms with Gasteiger partial charge < -0.3 is 9.13 Å². The maximum atomic E-state index is 12.7. The number of nitro groups is 2. The Kier molecular flexibility index (Phi) is 22.5. The van der Waals surface area contributed by atoms with Crippen LogP contribution in [0, 0.1) is 41.0 Å². The zero-order chi connectivity index (χ0) is 70.1. The number of nitro benzene ring substituents is 2. The van der Waals surface area contributed by atoms with Crippen molar-refractivity contribution in [1.82, 2.24) is 38.5 Å². The predicted octanol–water partition coefficient (Wildman–Crippen LogP) is 22.5. The second-order valence-corrected chi connectivity index (χ2v) is 27.0. The van der Waals surface area contributed by atoms with E-state index in [1.807, 2.05) is 126 Å². The van der Waals surface area contributed by atoms with Gasteiger partial charge in [-0.05, 0) is 170 Å². The third kappa shape index (κ3) is 18.8. The molecule has 0 aliphatic heterocycles. The highest BCUT2D eigenvalue weighted by Gasteiger charge is 2.31. The van der Waals surface area contributed by atoms with Gasteiger partial charge in [-0.3, -0.25) is 34.3 Å². The van der Waals surface area contributed by atoms with Crippen molar-refractivity contribution in [1.29, 1.82) is 0 Å². The van der Waals surface area contributed by atoms with E-state index in [4.69, 9.17) is 46.4 Å². The van der Waals surface area contributed by atoms with Gasteiger partial charge in [-0.2, -0.15) is 28.5 Å². The van der Waals surface area contributed by atoms with E-state index in [2.05, 4.69) is 135 Å². The first-order valence-corrected chi connectivity index (χ1v) is 33.8. The topological polar surface area (TPSA) is 150 Å². The number of hydrogen-bond donors (Lipinski definition) is 0. The number of halogens is 9. The summed E-state index contributed by atoms with van der Waals surface area (Å²) in [5.74, 6) is 0. The van der Waals surface area contributed by atoms with Gasteiger partial charge in [-0.25, -0.2) is 0 Å². The molecule has 0 saturated carbocycles. The number of fused-ring (bicyclic) bond motifs is 5. The highest BCUT2D eigenvalue weighted by molar-refractivity contribution is 9.10. The lowest BCUT2D eigenvalue weighted by molar-refractivity contribution is -0.385. The van der Waals surface area contributed by atoms with E-state index in [9.17, 15) is 33.4 Å². The van der Waals surface area contributed by atoms with Crippen molar-refractivity contribution in [3.63, 3.8) is 0 Å². The standard InChI is InChI=1S/C16H13ClN2O2.C16H15N3O2.C15H11BrClN.C15H10ClF3N2.C14H10BrClN2/c1-11-8-16-13(9-15(11)19(20)21)6-7-18(16)10-12-2-4-14(17)5-3-12;1-11-3-5-13(6-4-11)9-18-10-14-8-16(19(20)21)12(2)7-15(14)17-18;16-13-3-6-15-12(9-13)7-8-18(15)10-11-1-4-14(17)5-2-11;16-13-5-1-10(2-6-13)8-21-9-11-3-4-12(15(17,18)19)7-14(11)20-21;15-12-3-6-14-11(7-12)9-18(17-14)8-10-1-4-13(16)5-2-10/h2-9H,10H2,1H3;3-8,10H,9H2,1-2H3;1-9H,10H2;1-7,9H,8H2;1-7,9H,8H2. The van der Waals surface area contributed by atoms with Gasteiger partial charge in [0.1, 0.15) is 0 Å². The lowest BCUT2D eigenvalue weighted by Crippen LogP contribution is -2.04. The largest absolute Gasteiger partial charge is 0.416 e. The minimum atomic E-state index is -4.35. The van der Waals surface area contributed by atoms with Crippen molar-refractivity contribution in [3.05, 3.63) is 343 Å². The molecule has 10 aromatic carbocycles. The van der Waals surface area contributed by atoms with E-state index >= 15 is 0 Å². The van der Waals surface area contributed by atoms with Crippen LogP contribution in [0.4, 0.5) is 24.5 Å². The fourth-order valence-corrected chi connectivity index (χ4v) is 12.2. The van der Waals surface area contributed by atoms with Crippen molar-refractivity contribution in [2.45, 2.75) is 59.7 Å². The summed E-state index contributed by atoms with van der Waals surface area (Å²) in [5.41, 5.74) is 12.2. The SMILES string of the molecule is Cc1cc2c(ccn2Cc2ccc(Cl)cc2)cc1[N+](=O)[O-].Cc1ccc(Cn2cc3cc([N+](=O)[O-])c(C)cc3n2)cc1.Clc1ccc(Cn2cc3cc(Br)ccc3n2)cc1.Clc1ccc(Cn2ccc3cc(Br)ccc32)cc1.FC(F)(F)c1ccc2cn(Cc3ccc(Cl)cc3)nc2c1. The van der Waals surface area contributed by atoms with E-state index in [1.54, 1.807) is 55.1 Å². The van der Waals surface area contributed by atoms with Gasteiger partial charge in [0.2, 0.25) is 0 Å². The monoisotopic (exact) mass is 1530 g/mol. The predicted molar refractivity (Wildman–Crippen MR) is 399 cm³/mol. The van der Waals surface area contributed by atoms with Gasteiger partial charge in [-0.15, -0.1) is 0 Å². The molecule has 15 aromatic rings. The van der Waals surface area contributed by atoms with E-state index in [0.717, 1.165) is 93.6 Å². The second kappa shape index (κ2) is 31.5. The van der Waals surface area contributed by atoms with Crippen LogP contribution in [-0.2, 0) is 38.9 Å². The summed E-state index contributed by atoms with van der Waals surface area (Å²) in [4.78, 5) is 21.3. The molecule has 14 nitrogen and oxygen atoms in total. The molecule has 0 unspecified atom stereocenters. The molecule has 0 radical (unpaired) electrons. The van der Waals surface area contributed by atoms with Crippen molar-refractivity contribution in [2.75, 3.05) is 0 Å². The molecule has 0 atom stereocenters. The number of hydrogen-bond acceptors (Lipinski definition) is 7. The molecular formula is C76H59Br2Cl4F3N10O4. The van der Waals surface area contributed by atoms with E-state index in [-0.39, 0.29) is 21.2 Å². The molecule has 0 fully saturated rings. The first-order chi connectivity index (χ1) is 47.4. The fourth-order valence-electron chi connectivity index (χ4n) is 10.9. The van der Waals surface area contributed by atoms with E-state index < -0.39 is 11.7 Å². The summed E-state index contributed by atoms with van der Waals surface area (Å²) < 4.78 is 49.9. The molecule has 500 valence electrons. The van der Waals surface area contributed by atoms with Crippen LogP contribution in [0.3, 0.4) is 0 Å². The molecule has 23 heteroatoms. The summed E-state index contributed by atoms with van der Waals surface area (Å²) in [6.45, 7) is 9.00. The number of nitrogens with zero attached hydrogens (tertiary/aromatic N) is 10. The van der Waals surface area contributed by atoms with Crippen LogP contribution in [-0.4, -0.2) is 48.3 Å². The Bertz CT molecular complexity index is 5320. The molecule has 0 spiro atoms. The smallest absolute Gasteiger partial charge is 0.343 e. The average Bonchev–Trinajstić information content (AvgIpc) is 1.70. The van der Waals surface area contributed by atoms with E-state index in [1.165, 1.54) is 33.7 Å². The van der Waals surface area contributed by atoms with Gasteiger partial charge >= 0.3 is 6.18 Å². The maximum Gasteiger partial charge on any atom is 0.416 e. The van der Waals surface area contributed by atoms with Crippen LogP contribution in [0.2, 0.25) is 20.1 Å². The van der Waals surface area contributed by atoms with Crippen LogP contribution in [0.1, 0.15) is 50.1 Å². The minimum absolute atomic E-state index is 0.136. The number of aromatic nitrogens is 8. The van der Waals surface area contributed by atoms with Crippen LogP contribution >= 0.6 is 78.3 Å². The van der Waals surface area contributed by atoms with Gasteiger partial charge in [0.25, 0.3) is 11.4 Å². The molecule has 0 bridgehead atoms. The normalized spacial score (nSPS) is 11.2. The van der Waals surface area contributed by atoms with Gasteiger partial charge in [0.15, 0.2) is 0 Å². The van der Waals surface area contributed by atoms with Gasteiger partial charge in [0.05, 0.1) is 51.6 Å². The summed E-state index contributed by atoms with van der Waals surface area (Å²) in [5, 5.41) is 42.8. The Hall–Kier alpha value is -9.60. The Morgan fingerprint density at radius 2 is 0.768 bits per heavy atom. The number of benzene rings is 10. The lowest BCUT2D eigenvalue weighted by Gasteiger charge is -2.07. The zero-order valence-electron chi connectivity index (χ0n) is 53.1. The van der Waals surface area contributed by atoms with Crippen molar-refractivity contribution < 1.29 is 23.0 Å². The molecular weight excluding hydrogens is 1480 g/mol. The van der Waals surface area contributed by atoms with Crippen molar-refractivity contribution in [3.8, 4) is 0 Å². The lowest BCUT2D eigenvalue weighted by atomic mass is 10.1. The highest BCUT2D eigenvalue weighted by atomic mass is 79.9. The third-order valence-corrected chi connectivity index (χ3v) is 18.0. The molecule has 5 aromatic heterocycles. The Morgan fingerprint density at radius 3 is 1.24 bits per heavy atom. The number of rotatable bonds is 12. The summed E-state index contributed by atoms with van der Waals surface area (Å²) in [6.07, 6.45) is 5.34. The maximum absolute atomic E-state index is 12.7. The van der Waals surface area contributed by atoms with E-state index in [0.29, 0.717) is 51.7 Å². The molecule has 0 amide bonds. The Morgan fingerprint density at radius 1 is 0.394 bits per heavy atom. The molecule has 0 aliphatic rings. The molecule has 99 heavy (non-hydrogen) atoms. The zero-order valence-corrected chi connectivity index (χ0v) is 59.3. The second-order valence-electron chi connectivity index (χ2n) is 23.4. The van der Waals surface area contributed by atoms with Crippen molar-refractivity contribution >= 4 is 144 Å². The van der Waals surface area contributed by atoms with Gasteiger partial charge in [0, 0.05) is 134 Å². The van der Waals surface area contributed by atoms with Gasteiger partial charge in [-0.1, -0.05) is 163 Å². The molecule has 5 heterocycles. The molecule has 0 saturated heterocycles. The van der Waals surface area contributed by atoms with Crippen LogP contribution in [0.15, 0.2) is 252 Å². The minimum Gasteiger partial charge on any atom is -0.343 e. The van der Waals surface area contributed by atoms with Crippen molar-refractivity contribution in [2.24, 2.45) is 0 Å². The Labute approximate surface area is 603 Å². The Balaban J connectivity index is 0.000000125. The van der Waals surface area contributed by atoms with Crippen LogP contribution in [0.5, 0.6) is 0 Å². The third-order valence-electron chi connectivity index (χ3n) is 16.0. The molecule has 15 rings (SSSR count). The summed E-state index contributed by atoms with van der Waals surface area (Å²) >= 11 is 30.4. The van der Waals surface area contributed by atoms with Crippen LogP contribution < -0.4 is 0 Å².